The standard InChI is InChI=1S/C12H9FN4O2S/c13-11-3-2-10(5-8(11)6-14)20(18,19)17-9-1-4-12(15)16-7-9/h1-5,7,17H,(H2,15,16). The zero-order valence-corrected chi connectivity index (χ0v) is 10.9. The summed E-state index contributed by atoms with van der Waals surface area (Å²) in [6.07, 6.45) is 1.25. The molecular formula is C12H9FN4O2S. The smallest absolute Gasteiger partial charge is 0.261 e. The van der Waals surface area contributed by atoms with E-state index in [4.69, 9.17) is 11.0 Å². The second-order valence-corrected chi connectivity index (χ2v) is 5.51. The van der Waals surface area contributed by atoms with Gasteiger partial charge < -0.3 is 5.73 Å². The van der Waals surface area contributed by atoms with Crippen molar-refractivity contribution in [1.82, 2.24) is 4.98 Å². The van der Waals surface area contributed by atoms with Crippen LogP contribution in [0.1, 0.15) is 5.56 Å². The molecule has 0 saturated heterocycles. The van der Waals surface area contributed by atoms with Crippen molar-refractivity contribution in [3.05, 3.63) is 47.9 Å². The molecule has 0 aliphatic carbocycles. The van der Waals surface area contributed by atoms with Gasteiger partial charge in [0.15, 0.2) is 0 Å². The van der Waals surface area contributed by atoms with Crippen molar-refractivity contribution < 1.29 is 12.8 Å². The Morgan fingerprint density at radius 1 is 1.30 bits per heavy atom. The van der Waals surface area contributed by atoms with Crippen LogP contribution >= 0.6 is 0 Å². The summed E-state index contributed by atoms with van der Waals surface area (Å²) in [6.45, 7) is 0. The average Bonchev–Trinajstić information content (AvgIpc) is 2.41. The van der Waals surface area contributed by atoms with Crippen molar-refractivity contribution in [3.8, 4) is 6.07 Å². The molecule has 6 nitrogen and oxygen atoms in total. The van der Waals surface area contributed by atoms with Gasteiger partial charge in [-0.15, -0.1) is 0 Å². The number of aromatic nitrogens is 1. The van der Waals surface area contributed by atoms with E-state index in [-0.39, 0.29) is 22.0 Å². The Morgan fingerprint density at radius 3 is 2.65 bits per heavy atom. The topological polar surface area (TPSA) is 109 Å². The summed E-state index contributed by atoms with van der Waals surface area (Å²) in [7, 11) is -3.92. The highest BCUT2D eigenvalue weighted by Crippen LogP contribution is 2.18. The minimum absolute atomic E-state index is 0.210. The molecule has 20 heavy (non-hydrogen) atoms. The van der Waals surface area contributed by atoms with Crippen molar-refractivity contribution >= 4 is 21.5 Å². The Balaban J connectivity index is 2.36. The van der Waals surface area contributed by atoms with Crippen LogP contribution in [0.5, 0.6) is 0 Å². The molecule has 0 aliphatic heterocycles. The maximum absolute atomic E-state index is 13.2. The number of nitrogens with one attached hydrogen (secondary N) is 1. The predicted molar refractivity (Wildman–Crippen MR) is 70.6 cm³/mol. The molecule has 0 bridgehead atoms. The number of sulfonamides is 1. The summed E-state index contributed by atoms with van der Waals surface area (Å²) in [5, 5.41) is 8.70. The molecule has 1 aromatic heterocycles. The quantitative estimate of drug-likeness (QED) is 0.890. The third-order valence-corrected chi connectivity index (χ3v) is 3.79. The lowest BCUT2D eigenvalue weighted by Gasteiger charge is -2.08. The molecule has 1 heterocycles. The van der Waals surface area contributed by atoms with Gasteiger partial charge in [0.2, 0.25) is 0 Å². The number of hydrogen-bond acceptors (Lipinski definition) is 5. The Labute approximate surface area is 114 Å². The van der Waals surface area contributed by atoms with Gasteiger partial charge in [-0.25, -0.2) is 17.8 Å². The van der Waals surface area contributed by atoms with E-state index < -0.39 is 15.8 Å². The molecule has 2 aromatic rings. The van der Waals surface area contributed by atoms with Crippen LogP contribution in [0.3, 0.4) is 0 Å². The first-order valence-electron chi connectivity index (χ1n) is 5.36. The van der Waals surface area contributed by atoms with Gasteiger partial charge in [0.25, 0.3) is 10.0 Å². The maximum Gasteiger partial charge on any atom is 0.261 e. The molecule has 0 spiro atoms. The minimum Gasteiger partial charge on any atom is -0.384 e. The van der Waals surface area contributed by atoms with E-state index in [0.29, 0.717) is 0 Å². The van der Waals surface area contributed by atoms with Crippen LogP contribution in [0.15, 0.2) is 41.4 Å². The lowest BCUT2D eigenvalue weighted by atomic mass is 10.2. The van der Waals surface area contributed by atoms with Gasteiger partial charge in [-0.05, 0) is 30.3 Å². The Bertz CT molecular complexity index is 782. The van der Waals surface area contributed by atoms with Crippen LogP contribution in [0.4, 0.5) is 15.9 Å². The molecular weight excluding hydrogens is 283 g/mol. The molecule has 0 fully saturated rings. The number of hydrogen-bond donors (Lipinski definition) is 2. The highest BCUT2D eigenvalue weighted by atomic mass is 32.2. The molecule has 0 saturated carbocycles. The number of nitrogen functional groups attached to an aromatic ring is 1. The molecule has 0 unspecified atom stereocenters. The van der Waals surface area contributed by atoms with Gasteiger partial charge in [-0.1, -0.05) is 0 Å². The van der Waals surface area contributed by atoms with E-state index in [0.717, 1.165) is 18.2 Å². The maximum atomic E-state index is 13.2. The first-order valence-corrected chi connectivity index (χ1v) is 6.85. The zero-order chi connectivity index (χ0) is 14.8. The normalized spacial score (nSPS) is 10.8. The van der Waals surface area contributed by atoms with Gasteiger partial charge in [-0.2, -0.15) is 5.26 Å². The number of nitrogens with zero attached hydrogens (tertiary/aromatic N) is 2. The minimum atomic E-state index is -3.92. The number of nitriles is 1. The Morgan fingerprint density at radius 2 is 2.05 bits per heavy atom. The molecule has 3 N–H and O–H groups in total. The number of rotatable bonds is 3. The summed E-state index contributed by atoms with van der Waals surface area (Å²) in [5.41, 5.74) is 5.26. The lowest BCUT2D eigenvalue weighted by molar-refractivity contribution is 0.599. The molecule has 0 aliphatic rings. The van der Waals surface area contributed by atoms with E-state index in [2.05, 4.69) is 9.71 Å². The van der Waals surface area contributed by atoms with Crippen molar-refractivity contribution in [3.63, 3.8) is 0 Å². The summed E-state index contributed by atoms with van der Waals surface area (Å²) < 4.78 is 39.6. The van der Waals surface area contributed by atoms with Gasteiger partial charge in [0.05, 0.1) is 22.3 Å². The third kappa shape index (κ3) is 2.84. The second-order valence-electron chi connectivity index (χ2n) is 3.83. The van der Waals surface area contributed by atoms with Crippen molar-refractivity contribution in [2.75, 3.05) is 10.5 Å². The average molecular weight is 292 g/mol. The molecule has 102 valence electrons. The highest BCUT2D eigenvalue weighted by Gasteiger charge is 2.16. The second kappa shape index (κ2) is 5.14. The van der Waals surface area contributed by atoms with E-state index in [9.17, 15) is 12.8 Å². The lowest BCUT2D eigenvalue weighted by Crippen LogP contribution is -2.13. The van der Waals surface area contributed by atoms with E-state index in [1.54, 1.807) is 6.07 Å². The highest BCUT2D eigenvalue weighted by molar-refractivity contribution is 7.92. The molecule has 0 atom stereocenters. The Kier molecular flexibility index (Phi) is 3.54. The monoisotopic (exact) mass is 292 g/mol. The molecule has 0 amide bonds. The number of halogens is 1. The Hall–Kier alpha value is -2.66. The van der Waals surface area contributed by atoms with Crippen LogP contribution in [0.25, 0.3) is 0 Å². The first-order chi connectivity index (χ1) is 9.42. The van der Waals surface area contributed by atoms with Gasteiger partial charge in [0.1, 0.15) is 17.7 Å². The van der Waals surface area contributed by atoms with E-state index >= 15 is 0 Å². The fraction of sp³-hybridized carbons (Fsp3) is 0. The SMILES string of the molecule is N#Cc1cc(S(=O)(=O)Nc2ccc(N)nc2)ccc1F. The van der Waals surface area contributed by atoms with Gasteiger partial charge in [-0.3, -0.25) is 4.72 Å². The summed E-state index contributed by atoms with van der Waals surface area (Å²) in [4.78, 5) is 3.53. The van der Waals surface area contributed by atoms with Crippen molar-refractivity contribution in [1.29, 1.82) is 5.26 Å². The summed E-state index contributed by atoms with van der Waals surface area (Å²) in [6, 6.07) is 7.41. The van der Waals surface area contributed by atoms with E-state index in [1.807, 2.05) is 0 Å². The van der Waals surface area contributed by atoms with Crippen LogP contribution in [-0.2, 0) is 10.0 Å². The summed E-state index contributed by atoms with van der Waals surface area (Å²) >= 11 is 0. The number of anilines is 2. The van der Waals surface area contributed by atoms with E-state index in [1.165, 1.54) is 18.3 Å². The number of benzene rings is 1. The van der Waals surface area contributed by atoms with Crippen molar-refractivity contribution in [2.24, 2.45) is 0 Å². The number of pyridine rings is 1. The fourth-order valence-electron chi connectivity index (χ4n) is 1.44. The molecule has 8 heteroatoms. The molecule has 2 rings (SSSR count). The number of nitrogens with two attached hydrogens (primary N) is 1. The van der Waals surface area contributed by atoms with Crippen LogP contribution in [-0.4, -0.2) is 13.4 Å². The van der Waals surface area contributed by atoms with Gasteiger partial charge >= 0.3 is 0 Å². The third-order valence-electron chi connectivity index (χ3n) is 2.41. The van der Waals surface area contributed by atoms with Crippen molar-refractivity contribution in [2.45, 2.75) is 4.90 Å². The largest absolute Gasteiger partial charge is 0.384 e. The first kappa shape index (κ1) is 13.8. The zero-order valence-electron chi connectivity index (χ0n) is 10.0. The van der Waals surface area contributed by atoms with Crippen LogP contribution in [0, 0.1) is 17.1 Å². The fourth-order valence-corrected chi connectivity index (χ4v) is 2.51. The van der Waals surface area contributed by atoms with Crippen LogP contribution < -0.4 is 10.5 Å². The predicted octanol–water partition coefficient (Wildman–Crippen LogP) is 1.48. The molecule has 1 aromatic carbocycles. The molecule has 0 radical (unpaired) electrons. The summed E-state index contributed by atoms with van der Waals surface area (Å²) in [5.74, 6) is -0.526. The van der Waals surface area contributed by atoms with Gasteiger partial charge in [0, 0.05) is 0 Å². The van der Waals surface area contributed by atoms with Crippen LogP contribution in [0.2, 0.25) is 0 Å².